The molecule has 1 rings (SSSR count). The van der Waals surface area contributed by atoms with Crippen LogP contribution in [-0.2, 0) is 0 Å². The summed E-state index contributed by atoms with van der Waals surface area (Å²) in [6.07, 6.45) is 9.32. The highest BCUT2D eigenvalue weighted by Gasteiger charge is 2.19. The first-order chi connectivity index (χ1) is 7.77. The van der Waals surface area contributed by atoms with Gasteiger partial charge in [-0.3, -0.25) is 0 Å². The van der Waals surface area contributed by atoms with Crippen molar-refractivity contribution in [3.8, 4) is 0 Å². The second-order valence-electron chi connectivity index (χ2n) is 5.34. The molecule has 0 aromatic rings. The maximum Gasteiger partial charge on any atom is 0.00767 e. The molecular formula is C14H30N2. The summed E-state index contributed by atoms with van der Waals surface area (Å²) in [5.41, 5.74) is 6.23. The van der Waals surface area contributed by atoms with E-state index in [-0.39, 0.29) is 0 Å². The molecule has 0 aromatic carbocycles. The van der Waals surface area contributed by atoms with Crippen LogP contribution in [-0.4, -0.2) is 30.6 Å². The molecule has 0 bridgehead atoms. The van der Waals surface area contributed by atoms with Crippen molar-refractivity contribution < 1.29 is 0 Å². The van der Waals surface area contributed by atoms with Crippen LogP contribution < -0.4 is 5.73 Å². The highest BCUT2D eigenvalue weighted by Crippen LogP contribution is 2.17. The maximum atomic E-state index is 6.23. The number of nitrogens with zero attached hydrogens (tertiary/aromatic N) is 1. The zero-order chi connectivity index (χ0) is 11.8. The normalized spacial score (nSPS) is 22.7. The van der Waals surface area contributed by atoms with E-state index in [1.807, 2.05) is 0 Å². The number of nitrogens with two attached hydrogens (primary N) is 1. The molecule has 1 fully saturated rings. The van der Waals surface area contributed by atoms with Crippen molar-refractivity contribution in [3.05, 3.63) is 0 Å². The quantitative estimate of drug-likeness (QED) is 0.754. The first-order valence-electron chi connectivity index (χ1n) is 7.25. The van der Waals surface area contributed by atoms with Gasteiger partial charge < -0.3 is 10.6 Å². The molecule has 0 radical (unpaired) electrons. The molecule has 1 aliphatic heterocycles. The molecule has 1 heterocycles. The summed E-state index contributed by atoms with van der Waals surface area (Å²) in [6.45, 7) is 8.34. The molecule has 96 valence electrons. The zero-order valence-electron chi connectivity index (χ0n) is 11.3. The molecule has 2 heteroatoms. The van der Waals surface area contributed by atoms with Gasteiger partial charge in [-0.2, -0.15) is 0 Å². The molecule has 0 saturated carbocycles. The monoisotopic (exact) mass is 226 g/mol. The van der Waals surface area contributed by atoms with E-state index in [4.69, 9.17) is 5.73 Å². The largest absolute Gasteiger partial charge is 0.327 e. The molecule has 0 spiro atoms. The van der Waals surface area contributed by atoms with E-state index in [0.717, 1.165) is 6.42 Å². The lowest BCUT2D eigenvalue weighted by atomic mass is 9.93. The topological polar surface area (TPSA) is 29.3 Å². The van der Waals surface area contributed by atoms with Crippen LogP contribution >= 0.6 is 0 Å². The van der Waals surface area contributed by atoms with Crippen LogP contribution in [0.25, 0.3) is 0 Å². The van der Waals surface area contributed by atoms with Crippen LogP contribution in [0.3, 0.4) is 0 Å². The summed E-state index contributed by atoms with van der Waals surface area (Å²) in [5, 5.41) is 0. The van der Waals surface area contributed by atoms with Crippen LogP contribution in [0.15, 0.2) is 0 Å². The Labute approximate surface area is 102 Å². The van der Waals surface area contributed by atoms with Crippen molar-refractivity contribution in [2.24, 2.45) is 11.7 Å². The number of hydrogen-bond donors (Lipinski definition) is 1. The third-order valence-corrected chi connectivity index (χ3v) is 3.93. The SMILES string of the molecule is CCCC(CN1CCCCCC1)C(N)CC. The highest BCUT2D eigenvalue weighted by molar-refractivity contribution is 4.76. The Hall–Kier alpha value is -0.0800. The lowest BCUT2D eigenvalue weighted by molar-refractivity contribution is 0.209. The highest BCUT2D eigenvalue weighted by atomic mass is 15.1. The van der Waals surface area contributed by atoms with Gasteiger partial charge in [0, 0.05) is 12.6 Å². The van der Waals surface area contributed by atoms with Crippen molar-refractivity contribution in [2.75, 3.05) is 19.6 Å². The van der Waals surface area contributed by atoms with Crippen molar-refractivity contribution in [1.82, 2.24) is 4.90 Å². The van der Waals surface area contributed by atoms with Crippen molar-refractivity contribution in [2.45, 2.75) is 64.8 Å². The minimum absolute atomic E-state index is 0.406. The van der Waals surface area contributed by atoms with Crippen LogP contribution in [0.1, 0.15) is 58.8 Å². The Morgan fingerprint density at radius 3 is 2.19 bits per heavy atom. The van der Waals surface area contributed by atoms with Gasteiger partial charge in [0.1, 0.15) is 0 Å². The molecule has 2 unspecified atom stereocenters. The lowest BCUT2D eigenvalue weighted by Crippen LogP contribution is -2.39. The Kier molecular flexibility index (Phi) is 7.06. The molecule has 2 nitrogen and oxygen atoms in total. The van der Waals surface area contributed by atoms with E-state index >= 15 is 0 Å². The minimum atomic E-state index is 0.406. The van der Waals surface area contributed by atoms with Crippen molar-refractivity contribution >= 4 is 0 Å². The summed E-state index contributed by atoms with van der Waals surface area (Å²) in [7, 11) is 0. The average Bonchev–Trinajstić information content (AvgIpc) is 2.56. The van der Waals surface area contributed by atoms with Crippen LogP contribution in [0, 0.1) is 5.92 Å². The van der Waals surface area contributed by atoms with Gasteiger partial charge in [-0.25, -0.2) is 0 Å². The minimum Gasteiger partial charge on any atom is -0.327 e. The summed E-state index contributed by atoms with van der Waals surface area (Å²) in [4.78, 5) is 2.66. The van der Waals surface area contributed by atoms with Gasteiger partial charge in [0.25, 0.3) is 0 Å². The van der Waals surface area contributed by atoms with Gasteiger partial charge in [-0.15, -0.1) is 0 Å². The summed E-state index contributed by atoms with van der Waals surface area (Å²) >= 11 is 0. The molecule has 2 N–H and O–H groups in total. The molecule has 1 aliphatic rings. The number of rotatable bonds is 6. The number of hydrogen-bond acceptors (Lipinski definition) is 2. The number of likely N-dealkylation sites (tertiary alicyclic amines) is 1. The van der Waals surface area contributed by atoms with Gasteiger partial charge in [0.2, 0.25) is 0 Å². The first kappa shape index (κ1) is 14.0. The van der Waals surface area contributed by atoms with E-state index in [2.05, 4.69) is 18.7 Å². The zero-order valence-corrected chi connectivity index (χ0v) is 11.3. The van der Waals surface area contributed by atoms with Gasteiger partial charge in [0.05, 0.1) is 0 Å². The summed E-state index contributed by atoms with van der Waals surface area (Å²) in [5.74, 6) is 0.716. The molecule has 16 heavy (non-hydrogen) atoms. The van der Waals surface area contributed by atoms with Gasteiger partial charge >= 0.3 is 0 Å². The Morgan fingerprint density at radius 2 is 1.69 bits per heavy atom. The van der Waals surface area contributed by atoms with E-state index < -0.39 is 0 Å². The molecule has 1 saturated heterocycles. The lowest BCUT2D eigenvalue weighted by Gasteiger charge is -2.29. The van der Waals surface area contributed by atoms with Gasteiger partial charge in [-0.1, -0.05) is 33.1 Å². The molecule has 0 aliphatic carbocycles. The van der Waals surface area contributed by atoms with E-state index in [1.165, 1.54) is 58.2 Å². The second kappa shape index (κ2) is 8.08. The Morgan fingerprint density at radius 1 is 1.06 bits per heavy atom. The molecule has 0 amide bonds. The van der Waals surface area contributed by atoms with Crippen LogP contribution in [0.4, 0.5) is 0 Å². The third-order valence-electron chi connectivity index (χ3n) is 3.93. The molecular weight excluding hydrogens is 196 g/mol. The van der Waals surface area contributed by atoms with E-state index in [1.54, 1.807) is 0 Å². The predicted octanol–water partition coefficient (Wildman–Crippen LogP) is 3.02. The second-order valence-corrected chi connectivity index (χ2v) is 5.34. The maximum absolute atomic E-state index is 6.23. The molecule has 0 aromatic heterocycles. The standard InChI is InChI=1S/C14H30N2/c1-3-9-13(14(15)4-2)12-16-10-7-5-6-8-11-16/h13-14H,3-12,15H2,1-2H3. The molecule has 2 atom stereocenters. The van der Waals surface area contributed by atoms with E-state index in [0.29, 0.717) is 12.0 Å². The average molecular weight is 226 g/mol. The fourth-order valence-electron chi connectivity index (χ4n) is 2.80. The smallest absolute Gasteiger partial charge is 0.00767 e. The van der Waals surface area contributed by atoms with Crippen LogP contribution in [0.2, 0.25) is 0 Å². The van der Waals surface area contributed by atoms with Gasteiger partial charge in [-0.05, 0) is 44.7 Å². The summed E-state index contributed by atoms with van der Waals surface area (Å²) < 4.78 is 0. The first-order valence-corrected chi connectivity index (χ1v) is 7.25. The Balaban J connectivity index is 2.39. The predicted molar refractivity (Wildman–Crippen MR) is 71.6 cm³/mol. The fraction of sp³-hybridized carbons (Fsp3) is 1.00. The Bertz CT molecular complexity index is 162. The van der Waals surface area contributed by atoms with Crippen molar-refractivity contribution in [3.63, 3.8) is 0 Å². The van der Waals surface area contributed by atoms with Gasteiger partial charge in [0.15, 0.2) is 0 Å². The van der Waals surface area contributed by atoms with E-state index in [9.17, 15) is 0 Å². The summed E-state index contributed by atoms with van der Waals surface area (Å²) in [6, 6.07) is 0.406. The third kappa shape index (κ3) is 4.84. The fourth-order valence-corrected chi connectivity index (χ4v) is 2.80. The van der Waals surface area contributed by atoms with Crippen LogP contribution in [0.5, 0.6) is 0 Å². The van der Waals surface area contributed by atoms with Crippen molar-refractivity contribution in [1.29, 1.82) is 0 Å².